The highest BCUT2D eigenvalue weighted by molar-refractivity contribution is 7.99. The Morgan fingerprint density at radius 3 is 2.67 bits per heavy atom. The van der Waals surface area contributed by atoms with E-state index in [1.165, 1.54) is 0 Å². The van der Waals surface area contributed by atoms with E-state index in [0.29, 0.717) is 12.1 Å². The van der Waals surface area contributed by atoms with Crippen LogP contribution in [-0.4, -0.2) is 55.2 Å². The Labute approximate surface area is 146 Å². The maximum atomic E-state index is 12.2. The summed E-state index contributed by atoms with van der Waals surface area (Å²) in [6, 6.07) is 13.5. The van der Waals surface area contributed by atoms with E-state index in [-0.39, 0.29) is 5.91 Å². The molecule has 0 unspecified atom stereocenters. The van der Waals surface area contributed by atoms with Crippen LogP contribution in [0.25, 0.3) is 0 Å². The Morgan fingerprint density at radius 2 is 1.96 bits per heavy atom. The van der Waals surface area contributed by atoms with Gasteiger partial charge in [0.15, 0.2) is 0 Å². The van der Waals surface area contributed by atoms with E-state index in [9.17, 15) is 4.79 Å². The Kier molecular flexibility index (Phi) is 6.23. The number of nitrogens with one attached hydrogen (secondary N) is 1. The molecule has 1 N–H and O–H groups in total. The molecule has 2 heterocycles. The van der Waals surface area contributed by atoms with Crippen LogP contribution in [0.15, 0.2) is 58.6 Å². The van der Waals surface area contributed by atoms with Crippen LogP contribution in [0.4, 0.5) is 0 Å². The first-order chi connectivity index (χ1) is 11.8. The molecule has 0 aliphatic carbocycles. The van der Waals surface area contributed by atoms with Crippen molar-refractivity contribution < 1.29 is 9.53 Å². The number of morpholine rings is 1. The van der Waals surface area contributed by atoms with Gasteiger partial charge in [-0.1, -0.05) is 17.8 Å². The number of pyridine rings is 1. The van der Waals surface area contributed by atoms with E-state index in [2.05, 4.69) is 15.2 Å². The molecule has 0 radical (unpaired) electrons. The van der Waals surface area contributed by atoms with Gasteiger partial charge in [-0.15, -0.1) is 0 Å². The maximum Gasteiger partial charge on any atom is 0.251 e. The fraction of sp³-hybridized carbons (Fsp3) is 0.333. The Hall–Kier alpha value is -1.89. The van der Waals surface area contributed by atoms with E-state index >= 15 is 0 Å². The smallest absolute Gasteiger partial charge is 0.251 e. The summed E-state index contributed by atoms with van der Waals surface area (Å²) in [5.74, 6) is -0.0300. The van der Waals surface area contributed by atoms with Gasteiger partial charge < -0.3 is 10.1 Å². The first-order valence-electron chi connectivity index (χ1n) is 8.08. The zero-order valence-corrected chi connectivity index (χ0v) is 14.3. The van der Waals surface area contributed by atoms with Gasteiger partial charge in [-0.2, -0.15) is 0 Å². The lowest BCUT2D eigenvalue weighted by atomic mass is 10.2. The van der Waals surface area contributed by atoms with Crippen molar-refractivity contribution in [3.8, 4) is 0 Å². The average Bonchev–Trinajstić information content (AvgIpc) is 2.64. The zero-order valence-electron chi connectivity index (χ0n) is 13.5. The number of amides is 1. The number of rotatable bonds is 6. The van der Waals surface area contributed by atoms with E-state index in [1.807, 2.05) is 42.5 Å². The minimum absolute atomic E-state index is 0.0300. The molecule has 0 atom stereocenters. The summed E-state index contributed by atoms with van der Waals surface area (Å²) in [5, 5.41) is 3.92. The summed E-state index contributed by atoms with van der Waals surface area (Å²) < 4.78 is 5.31. The summed E-state index contributed by atoms with van der Waals surface area (Å²) in [4.78, 5) is 19.8. The topological polar surface area (TPSA) is 54.5 Å². The van der Waals surface area contributed by atoms with Gasteiger partial charge in [-0.25, -0.2) is 4.98 Å². The summed E-state index contributed by atoms with van der Waals surface area (Å²) in [5.41, 5.74) is 0.683. The van der Waals surface area contributed by atoms with E-state index in [4.69, 9.17) is 4.74 Å². The van der Waals surface area contributed by atoms with Gasteiger partial charge in [-0.05, 0) is 36.4 Å². The predicted octanol–water partition coefficient (Wildman–Crippen LogP) is 2.29. The van der Waals surface area contributed by atoms with Crippen LogP contribution in [0.3, 0.4) is 0 Å². The molecule has 24 heavy (non-hydrogen) atoms. The molecule has 1 amide bonds. The minimum atomic E-state index is -0.0300. The number of hydrogen-bond donors (Lipinski definition) is 1. The standard InChI is InChI=1S/C18H21N3O2S/c22-18(20-9-10-21-11-13-23-14-12-21)15-4-6-16(7-5-15)24-17-3-1-2-8-19-17/h1-8H,9-14H2,(H,20,22). The number of ether oxygens (including phenoxy) is 1. The third-order valence-corrected chi connectivity index (χ3v) is 4.75. The lowest BCUT2D eigenvalue weighted by molar-refractivity contribution is 0.0383. The van der Waals surface area contributed by atoms with Crippen molar-refractivity contribution >= 4 is 17.7 Å². The lowest BCUT2D eigenvalue weighted by Crippen LogP contribution is -2.41. The molecule has 3 rings (SSSR count). The van der Waals surface area contributed by atoms with Crippen LogP contribution in [-0.2, 0) is 4.74 Å². The molecule has 0 spiro atoms. The van der Waals surface area contributed by atoms with Crippen LogP contribution in [0, 0.1) is 0 Å². The molecule has 1 aliphatic rings. The van der Waals surface area contributed by atoms with Crippen molar-refractivity contribution in [2.24, 2.45) is 0 Å². The lowest BCUT2D eigenvalue weighted by Gasteiger charge is -2.26. The molecule has 5 nitrogen and oxygen atoms in total. The van der Waals surface area contributed by atoms with Crippen LogP contribution >= 0.6 is 11.8 Å². The van der Waals surface area contributed by atoms with Crippen LogP contribution in [0.2, 0.25) is 0 Å². The third-order valence-electron chi connectivity index (χ3n) is 3.79. The number of hydrogen-bond acceptors (Lipinski definition) is 5. The second kappa shape index (κ2) is 8.82. The van der Waals surface area contributed by atoms with Gasteiger partial charge in [-0.3, -0.25) is 9.69 Å². The zero-order chi connectivity index (χ0) is 16.6. The van der Waals surface area contributed by atoms with Crippen molar-refractivity contribution in [1.82, 2.24) is 15.2 Å². The highest BCUT2D eigenvalue weighted by Gasteiger charge is 2.11. The molecule has 0 bridgehead atoms. The molecule has 2 aromatic rings. The highest BCUT2D eigenvalue weighted by atomic mass is 32.2. The van der Waals surface area contributed by atoms with E-state index in [0.717, 1.165) is 42.8 Å². The fourth-order valence-corrected chi connectivity index (χ4v) is 3.23. The largest absolute Gasteiger partial charge is 0.379 e. The molecule has 1 aromatic carbocycles. The molecular formula is C18H21N3O2S. The molecule has 1 aromatic heterocycles. The predicted molar refractivity (Wildman–Crippen MR) is 94.4 cm³/mol. The van der Waals surface area contributed by atoms with Gasteiger partial charge >= 0.3 is 0 Å². The molecule has 1 aliphatic heterocycles. The van der Waals surface area contributed by atoms with Crippen LogP contribution in [0.1, 0.15) is 10.4 Å². The average molecular weight is 343 g/mol. The van der Waals surface area contributed by atoms with Crippen molar-refractivity contribution in [2.75, 3.05) is 39.4 Å². The second-order valence-electron chi connectivity index (χ2n) is 5.50. The Bertz CT molecular complexity index is 643. The maximum absolute atomic E-state index is 12.2. The second-order valence-corrected chi connectivity index (χ2v) is 6.60. The number of carbonyl (C=O) groups excluding carboxylic acids is 1. The normalized spacial score (nSPS) is 15.2. The van der Waals surface area contributed by atoms with Crippen molar-refractivity contribution in [3.05, 3.63) is 54.2 Å². The fourth-order valence-electron chi connectivity index (χ4n) is 2.46. The molecule has 1 saturated heterocycles. The van der Waals surface area contributed by atoms with Gasteiger partial charge in [0.05, 0.1) is 13.2 Å². The molecular weight excluding hydrogens is 322 g/mol. The highest BCUT2D eigenvalue weighted by Crippen LogP contribution is 2.25. The molecule has 1 fully saturated rings. The quantitative estimate of drug-likeness (QED) is 0.872. The van der Waals surface area contributed by atoms with Crippen molar-refractivity contribution in [1.29, 1.82) is 0 Å². The van der Waals surface area contributed by atoms with Crippen LogP contribution < -0.4 is 5.32 Å². The summed E-state index contributed by atoms with van der Waals surface area (Å²) in [6.45, 7) is 4.96. The number of carbonyl (C=O) groups is 1. The van der Waals surface area contributed by atoms with Gasteiger partial charge in [0.1, 0.15) is 5.03 Å². The number of benzene rings is 1. The van der Waals surface area contributed by atoms with Gasteiger partial charge in [0.2, 0.25) is 0 Å². The minimum Gasteiger partial charge on any atom is -0.379 e. The molecule has 0 saturated carbocycles. The van der Waals surface area contributed by atoms with Crippen molar-refractivity contribution in [2.45, 2.75) is 9.92 Å². The summed E-state index contributed by atoms with van der Waals surface area (Å²) in [7, 11) is 0. The first-order valence-corrected chi connectivity index (χ1v) is 8.90. The SMILES string of the molecule is O=C(NCCN1CCOCC1)c1ccc(Sc2ccccn2)cc1. The Morgan fingerprint density at radius 1 is 1.17 bits per heavy atom. The van der Waals surface area contributed by atoms with E-state index in [1.54, 1.807) is 18.0 Å². The molecule has 6 heteroatoms. The monoisotopic (exact) mass is 343 g/mol. The molecule has 126 valence electrons. The first kappa shape index (κ1) is 17.0. The Balaban J connectivity index is 1.46. The van der Waals surface area contributed by atoms with E-state index < -0.39 is 0 Å². The van der Waals surface area contributed by atoms with Gasteiger partial charge in [0.25, 0.3) is 5.91 Å². The summed E-state index contributed by atoms with van der Waals surface area (Å²) in [6.07, 6.45) is 1.78. The summed E-state index contributed by atoms with van der Waals surface area (Å²) >= 11 is 1.58. The van der Waals surface area contributed by atoms with Crippen molar-refractivity contribution in [3.63, 3.8) is 0 Å². The third kappa shape index (κ3) is 5.06. The number of aromatic nitrogens is 1. The number of nitrogens with zero attached hydrogens (tertiary/aromatic N) is 2. The van der Waals surface area contributed by atoms with Gasteiger partial charge in [0, 0.05) is 42.8 Å². The van der Waals surface area contributed by atoms with Crippen LogP contribution in [0.5, 0.6) is 0 Å².